The minimum Gasteiger partial charge on any atom is -0.312 e. The third-order valence-electron chi connectivity index (χ3n) is 8.33. The summed E-state index contributed by atoms with van der Waals surface area (Å²) in [6.07, 6.45) is 3.26. The Balaban J connectivity index is 1.20. The molecule has 1 aromatic heterocycles. The minimum atomic E-state index is -3.45. The van der Waals surface area contributed by atoms with Gasteiger partial charge in [0.25, 0.3) is 0 Å². The van der Waals surface area contributed by atoms with Crippen molar-refractivity contribution in [3.05, 3.63) is 77.9 Å². The molecule has 2 fully saturated rings. The van der Waals surface area contributed by atoms with E-state index < -0.39 is 10.0 Å². The summed E-state index contributed by atoms with van der Waals surface area (Å²) in [6, 6.07) is 20.3. The Bertz CT molecular complexity index is 1300. The van der Waals surface area contributed by atoms with Crippen LogP contribution in [0.5, 0.6) is 0 Å². The summed E-state index contributed by atoms with van der Waals surface area (Å²) < 4.78 is 30.3. The van der Waals surface area contributed by atoms with Crippen LogP contribution in [0.4, 0.5) is 0 Å². The van der Waals surface area contributed by atoms with Crippen LogP contribution in [-0.4, -0.2) is 83.1 Å². The number of piperazine rings is 1. The fraction of sp³-hybridized carbons (Fsp3) is 0.533. The van der Waals surface area contributed by atoms with E-state index in [4.69, 9.17) is 0 Å². The lowest BCUT2D eigenvalue weighted by atomic mass is 9.99. The smallest absolute Gasteiger partial charge is 0.243 e. The average Bonchev–Trinajstić information content (AvgIpc) is 3.36. The third-order valence-corrected chi connectivity index (χ3v) is 10.2. The molecule has 8 nitrogen and oxygen atoms in total. The van der Waals surface area contributed by atoms with E-state index in [0.29, 0.717) is 29.9 Å². The Hall–Kier alpha value is -2.59. The summed E-state index contributed by atoms with van der Waals surface area (Å²) >= 11 is 0. The molecule has 0 radical (unpaired) electrons. The number of aromatic nitrogens is 3. The van der Waals surface area contributed by atoms with Crippen LogP contribution in [0.1, 0.15) is 68.3 Å². The van der Waals surface area contributed by atoms with Crippen LogP contribution < -0.4 is 0 Å². The summed E-state index contributed by atoms with van der Waals surface area (Å²) in [4.78, 5) is 5.45. The standard InChI is InChI=1S/C30H42N6O2S/c1-24(2)30-32-31-25(3)36(30)27-14-17-33(18-15-27)19-16-29(26-10-6-4-7-11-26)34-20-22-35(23-21-34)39(37,38)28-12-8-5-9-13-28/h4-13,24,27,29H,14-23H2,1-3H3. The van der Waals surface area contributed by atoms with Gasteiger partial charge in [-0.15, -0.1) is 10.2 Å². The van der Waals surface area contributed by atoms with Gasteiger partial charge in [0.15, 0.2) is 0 Å². The Morgan fingerprint density at radius 2 is 1.46 bits per heavy atom. The molecule has 2 aromatic carbocycles. The highest BCUT2D eigenvalue weighted by Crippen LogP contribution is 2.30. The molecule has 0 bridgehead atoms. The number of nitrogens with zero attached hydrogens (tertiary/aromatic N) is 6. The number of aryl methyl sites for hydroxylation is 1. The first-order chi connectivity index (χ1) is 18.8. The van der Waals surface area contributed by atoms with Crippen LogP contribution in [0.15, 0.2) is 65.6 Å². The average molecular weight is 551 g/mol. The Morgan fingerprint density at radius 1 is 0.846 bits per heavy atom. The highest BCUT2D eigenvalue weighted by atomic mass is 32.2. The van der Waals surface area contributed by atoms with E-state index in [1.807, 2.05) is 6.07 Å². The third kappa shape index (κ3) is 6.27. The number of sulfonamides is 1. The molecule has 9 heteroatoms. The van der Waals surface area contributed by atoms with Crippen molar-refractivity contribution in [3.63, 3.8) is 0 Å². The zero-order valence-corrected chi connectivity index (χ0v) is 24.3. The normalized spacial score (nSPS) is 19.5. The van der Waals surface area contributed by atoms with E-state index in [1.165, 1.54) is 5.56 Å². The summed E-state index contributed by atoms with van der Waals surface area (Å²) in [5.74, 6) is 2.50. The molecule has 39 heavy (non-hydrogen) atoms. The van der Waals surface area contributed by atoms with Crippen molar-refractivity contribution in [2.45, 2.75) is 62.9 Å². The first kappa shape index (κ1) is 28.0. The topological polar surface area (TPSA) is 74.6 Å². The number of hydrogen-bond acceptors (Lipinski definition) is 6. The number of likely N-dealkylation sites (tertiary alicyclic amines) is 1. The van der Waals surface area contributed by atoms with Crippen molar-refractivity contribution < 1.29 is 8.42 Å². The van der Waals surface area contributed by atoms with Gasteiger partial charge in [0.05, 0.1) is 4.90 Å². The number of rotatable bonds is 9. The van der Waals surface area contributed by atoms with Crippen molar-refractivity contribution >= 4 is 10.0 Å². The van der Waals surface area contributed by atoms with Gasteiger partial charge in [0.2, 0.25) is 10.0 Å². The van der Waals surface area contributed by atoms with E-state index in [-0.39, 0.29) is 6.04 Å². The van der Waals surface area contributed by atoms with Gasteiger partial charge in [0.1, 0.15) is 11.6 Å². The molecule has 1 atom stereocenters. The second-order valence-electron chi connectivity index (χ2n) is 11.2. The first-order valence-corrected chi connectivity index (χ1v) is 15.8. The molecule has 0 N–H and O–H groups in total. The molecule has 1 unspecified atom stereocenters. The molecule has 3 aromatic rings. The molecule has 0 aliphatic carbocycles. The van der Waals surface area contributed by atoms with E-state index in [1.54, 1.807) is 28.6 Å². The van der Waals surface area contributed by atoms with E-state index in [9.17, 15) is 8.42 Å². The van der Waals surface area contributed by atoms with Gasteiger partial charge in [-0.25, -0.2) is 8.42 Å². The van der Waals surface area contributed by atoms with Gasteiger partial charge in [-0.1, -0.05) is 62.4 Å². The Morgan fingerprint density at radius 3 is 2.08 bits per heavy atom. The SMILES string of the molecule is Cc1nnc(C(C)C)n1C1CCN(CCC(c2ccccc2)N2CCN(S(=O)(=O)c3ccccc3)CC2)CC1. The van der Waals surface area contributed by atoms with Crippen molar-refractivity contribution in [1.82, 2.24) is 28.9 Å². The molecular formula is C30H42N6O2S. The van der Waals surface area contributed by atoms with Crippen molar-refractivity contribution in [3.8, 4) is 0 Å². The highest BCUT2D eigenvalue weighted by Gasteiger charge is 2.32. The predicted molar refractivity (Wildman–Crippen MR) is 154 cm³/mol. The van der Waals surface area contributed by atoms with Crippen LogP contribution in [0.3, 0.4) is 0 Å². The highest BCUT2D eigenvalue weighted by molar-refractivity contribution is 7.89. The maximum atomic E-state index is 13.1. The molecule has 3 heterocycles. The van der Waals surface area contributed by atoms with Crippen LogP contribution in [0.25, 0.3) is 0 Å². The van der Waals surface area contributed by atoms with E-state index >= 15 is 0 Å². The number of hydrogen-bond donors (Lipinski definition) is 0. The molecule has 2 saturated heterocycles. The molecule has 0 spiro atoms. The van der Waals surface area contributed by atoms with Crippen LogP contribution in [0.2, 0.25) is 0 Å². The maximum Gasteiger partial charge on any atom is 0.243 e. The second kappa shape index (κ2) is 12.3. The molecule has 2 aliphatic rings. The zero-order chi connectivity index (χ0) is 27.4. The quantitative estimate of drug-likeness (QED) is 0.391. The van der Waals surface area contributed by atoms with Gasteiger partial charge in [-0.05, 0) is 50.4 Å². The lowest BCUT2D eigenvalue weighted by molar-refractivity contribution is 0.110. The summed E-state index contributed by atoms with van der Waals surface area (Å²) in [5.41, 5.74) is 1.31. The van der Waals surface area contributed by atoms with Gasteiger partial charge >= 0.3 is 0 Å². The van der Waals surface area contributed by atoms with Gasteiger partial charge < -0.3 is 9.47 Å². The summed E-state index contributed by atoms with van der Waals surface area (Å²) in [7, 11) is -3.45. The van der Waals surface area contributed by atoms with Gasteiger partial charge in [-0.3, -0.25) is 4.90 Å². The van der Waals surface area contributed by atoms with Crippen molar-refractivity contribution in [2.24, 2.45) is 0 Å². The van der Waals surface area contributed by atoms with Crippen molar-refractivity contribution in [2.75, 3.05) is 45.8 Å². The largest absolute Gasteiger partial charge is 0.312 e. The fourth-order valence-corrected chi connectivity index (χ4v) is 7.61. The molecule has 2 aliphatic heterocycles. The van der Waals surface area contributed by atoms with Crippen LogP contribution in [-0.2, 0) is 10.0 Å². The second-order valence-corrected chi connectivity index (χ2v) is 13.1. The van der Waals surface area contributed by atoms with E-state index in [2.05, 4.69) is 75.7 Å². The molecular weight excluding hydrogens is 508 g/mol. The predicted octanol–water partition coefficient (Wildman–Crippen LogP) is 4.48. The lowest BCUT2D eigenvalue weighted by Gasteiger charge is -2.40. The maximum absolute atomic E-state index is 13.1. The van der Waals surface area contributed by atoms with Crippen LogP contribution in [0, 0.1) is 6.92 Å². The summed E-state index contributed by atoms with van der Waals surface area (Å²) in [5, 5.41) is 8.81. The van der Waals surface area contributed by atoms with Gasteiger partial charge in [0, 0.05) is 57.3 Å². The fourth-order valence-electron chi connectivity index (χ4n) is 6.17. The molecule has 0 amide bonds. The summed E-state index contributed by atoms with van der Waals surface area (Å²) in [6.45, 7) is 12.1. The Labute approximate surface area is 233 Å². The minimum absolute atomic E-state index is 0.276. The van der Waals surface area contributed by atoms with E-state index in [0.717, 1.165) is 63.6 Å². The van der Waals surface area contributed by atoms with Gasteiger partial charge in [-0.2, -0.15) is 4.31 Å². The number of piperidine rings is 1. The monoisotopic (exact) mass is 550 g/mol. The zero-order valence-electron chi connectivity index (χ0n) is 23.5. The molecule has 5 rings (SSSR count). The number of benzene rings is 2. The molecule has 0 saturated carbocycles. The molecule has 210 valence electrons. The van der Waals surface area contributed by atoms with Crippen molar-refractivity contribution in [1.29, 1.82) is 0 Å². The first-order valence-electron chi connectivity index (χ1n) is 14.3. The lowest BCUT2D eigenvalue weighted by Crippen LogP contribution is -2.50. The van der Waals surface area contributed by atoms with Crippen LogP contribution >= 0.6 is 0 Å². The Kier molecular flexibility index (Phi) is 8.81.